The minimum absolute atomic E-state index is 0.0791. The Morgan fingerprint density at radius 2 is 1.96 bits per heavy atom. The van der Waals surface area contributed by atoms with E-state index in [1.54, 1.807) is 12.0 Å². The van der Waals surface area contributed by atoms with Crippen LogP contribution in [0.25, 0.3) is 0 Å². The fourth-order valence-electron chi connectivity index (χ4n) is 2.45. The third kappa shape index (κ3) is 3.32. The van der Waals surface area contributed by atoms with Crippen LogP contribution in [0.3, 0.4) is 0 Å². The summed E-state index contributed by atoms with van der Waals surface area (Å²) in [4.78, 5) is 18.1. The van der Waals surface area contributed by atoms with E-state index in [1.165, 1.54) is 0 Å². The van der Waals surface area contributed by atoms with Crippen molar-refractivity contribution in [2.45, 2.75) is 6.92 Å². The number of methoxy groups -OCH3 is 1. The largest absolute Gasteiger partial charge is 0.497 e. The van der Waals surface area contributed by atoms with Crippen molar-refractivity contribution in [3.05, 3.63) is 48.5 Å². The van der Waals surface area contributed by atoms with Crippen LogP contribution in [0.4, 0.5) is 11.4 Å². The molecule has 0 bridgehead atoms. The molecule has 6 heteroatoms. The van der Waals surface area contributed by atoms with Gasteiger partial charge in [0, 0.05) is 11.8 Å². The van der Waals surface area contributed by atoms with E-state index in [4.69, 9.17) is 9.47 Å². The van der Waals surface area contributed by atoms with Crippen LogP contribution in [0.5, 0.6) is 11.5 Å². The molecule has 1 heterocycles. The Morgan fingerprint density at radius 3 is 2.67 bits per heavy atom. The lowest BCUT2D eigenvalue weighted by Crippen LogP contribution is -2.36. The molecule has 1 aliphatic rings. The highest BCUT2D eigenvalue weighted by atomic mass is 16.5. The first-order valence-corrected chi connectivity index (χ1v) is 7.72. The first-order chi connectivity index (χ1) is 11.7. The number of hydrogen-bond acceptors (Lipinski definition) is 5. The molecule has 0 radical (unpaired) electrons. The Labute approximate surface area is 140 Å². The quantitative estimate of drug-likeness (QED) is 0.918. The molecule has 0 spiro atoms. The van der Waals surface area contributed by atoms with Gasteiger partial charge in [-0.05, 0) is 43.3 Å². The van der Waals surface area contributed by atoms with E-state index in [0.29, 0.717) is 12.6 Å². The van der Waals surface area contributed by atoms with Crippen LogP contribution in [0.15, 0.2) is 53.5 Å². The highest BCUT2D eigenvalue weighted by Gasteiger charge is 2.27. The molecule has 124 valence electrons. The monoisotopic (exact) mass is 325 g/mol. The van der Waals surface area contributed by atoms with Gasteiger partial charge in [-0.2, -0.15) is 0 Å². The second-order valence-electron chi connectivity index (χ2n) is 5.15. The van der Waals surface area contributed by atoms with Crippen LogP contribution < -0.4 is 19.7 Å². The Balaban J connectivity index is 1.81. The predicted molar refractivity (Wildman–Crippen MR) is 94.0 cm³/mol. The van der Waals surface area contributed by atoms with E-state index >= 15 is 0 Å². The fourth-order valence-corrected chi connectivity index (χ4v) is 2.45. The number of nitrogens with zero attached hydrogens (tertiary/aromatic N) is 2. The average molecular weight is 325 g/mol. The van der Waals surface area contributed by atoms with Crippen molar-refractivity contribution < 1.29 is 14.3 Å². The summed E-state index contributed by atoms with van der Waals surface area (Å²) in [5, 5.41) is 3.18. The summed E-state index contributed by atoms with van der Waals surface area (Å²) in [6, 6.07) is 14.8. The maximum absolute atomic E-state index is 12.2. The van der Waals surface area contributed by atoms with Crippen LogP contribution in [0, 0.1) is 0 Å². The van der Waals surface area contributed by atoms with Crippen LogP contribution >= 0.6 is 0 Å². The zero-order chi connectivity index (χ0) is 16.9. The zero-order valence-electron chi connectivity index (χ0n) is 13.7. The molecular formula is C18H19N3O3. The topological polar surface area (TPSA) is 63.2 Å². The molecule has 1 amide bonds. The van der Waals surface area contributed by atoms with Crippen molar-refractivity contribution in [1.29, 1.82) is 0 Å². The SMILES string of the molecule is CCOc1ccc(N2C(=O)CN=C2Nc2cccc(OC)c2)cc1. The molecule has 1 N–H and O–H groups in total. The van der Waals surface area contributed by atoms with Gasteiger partial charge >= 0.3 is 0 Å². The van der Waals surface area contributed by atoms with E-state index in [1.807, 2.05) is 55.5 Å². The number of carbonyl (C=O) groups excluding carboxylic acids is 1. The van der Waals surface area contributed by atoms with E-state index in [9.17, 15) is 4.79 Å². The van der Waals surface area contributed by atoms with Gasteiger partial charge in [-0.3, -0.25) is 4.79 Å². The normalized spacial score (nSPS) is 13.7. The summed E-state index contributed by atoms with van der Waals surface area (Å²) in [7, 11) is 1.61. The van der Waals surface area contributed by atoms with Gasteiger partial charge < -0.3 is 14.8 Å². The lowest BCUT2D eigenvalue weighted by atomic mass is 10.2. The second-order valence-corrected chi connectivity index (χ2v) is 5.15. The van der Waals surface area contributed by atoms with Gasteiger partial charge in [-0.15, -0.1) is 0 Å². The number of nitrogens with one attached hydrogen (secondary N) is 1. The smallest absolute Gasteiger partial charge is 0.255 e. The Morgan fingerprint density at radius 1 is 1.17 bits per heavy atom. The number of carbonyl (C=O) groups is 1. The molecule has 3 rings (SSSR count). The van der Waals surface area contributed by atoms with Gasteiger partial charge in [-0.25, -0.2) is 9.89 Å². The number of amides is 1. The van der Waals surface area contributed by atoms with Gasteiger partial charge in [0.2, 0.25) is 5.96 Å². The molecule has 2 aromatic rings. The number of rotatable bonds is 5. The lowest BCUT2D eigenvalue weighted by molar-refractivity contribution is -0.115. The second kappa shape index (κ2) is 7.04. The van der Waals surface area contributed by atoms with Gasteiger partial charge in [0.15, 0.2) is 0 Å². The maximum atomic E-state index is 12.2. The molecule has 2 aromatic carbocycles. The van der Waals surface area contributed by atoms with Crippen molar-refractivity contribution in [2.75, 3.05) is 30.5 Å². The molecular weight excluding hydrogens is 306 g/mol. The molecule has 0 unspecified atom stereocenters. The van der Waals surface area contributed by atoms with Crippen LogP contribution in [0.1, 0.15) is 6.92 Å². The Kier molecular flexibility index (Phi) is 4.65. The fraction of sp³-hybridized carbons (Fsp3) is 0.222. The minimum atomic E-state index is -0.0791. The summed E-state index contributed by atoms with van der Waals surface area (Å²) >= 11 is 0. The Hall–Kier alpha value is -3.02. The lowest BCUT2D eigenvalue weighted by Gasteiger charge is -2.20. The number of hydrogen-bond donors (Lipinski definition) is 1. The highest BCUT2D eigenvalue weighted by Crippen LogP contribution is 2.24. The number of ether oxygens (including phenoxy) is 2. The highest BCUT2D eigenvalue weighted by molar-refractivity contribution is 6.24. The number of guanidine groups is 1. The summed E-state index contributed by atoms with van der Waals surface area (Å²) in [6.45, 7) is 2.66. The molecule has 0 aromatic heterocycles. The van der Waals surface area contributed by atoms with Crippen molar-refractivity contribution in [3.63, 3.8) is 0 Å². The van der Waals surface area contributed by atoms with E-state index in [-0.39, 0.29) is 12.5 Å². The summed E-state index contributed by atoms with van der Waals surface area (Å²) in [6.07, 6.45) is 0. The molecule has 1 aliphatic heterocycles. The van der Waals surface area contributed by atoms with Crippen molar-refractivity contribution >= 4 is 23.2 Å². The summed E-state index contributed by atoms with van der Waals surface area (Å²) in [5.41, 5.74) is 1.55. The Bertz CT molecular complexity index is 756. The van der Waals surface area contributed by atoms with Gasteiger partial charge in [0.25, 0.3) is 5.91 Å². The molecule has 6 nitrogen and oxygen atoms in total. The summed E-state index contributed by atoms with van der Waals surface area (Å²) in [5.74, 6) is 1.92. The van der Waals surface area contributed by atoms with Crippen molar-refractivity contribution in [3.8, 4) is 11.5 Å². The van der Waals surface area contributed by atoms with E-state index < -0.39 is 0 Å². The molecule has 0 fully saturated rings. The molecule has 24 heavy (non-hydrogen) atoms. The minimum Gasteiger partial charge on any atom is -0.497 e. The van der Waals surface area contributed by atoms with Crippen LogP contribution in [-0.2, 0) is 4.79 Å². The van der Waals surface area contributed by atoms with Gasteiger partial charge in [-0.1, -0.05) is 6.07 Å². The molecule has 0 atom stereocenters. The number of anilines is 2. The third-order valence-corrected chi connectivity index (χ3v) is 3.56. The maximum Gasteiger partial charge on any atom is 0.255 e. The zero-order valence-corrected chi connectivity index (χ0v) is 13.7. The van der Waals surface area contributed by atoms with Crippen molar-refractivity contribution in [2.24, 2.45) is 4.99 Å². The predicted octanol–water partition coefficient (Wildman–Crippen LogP) is 2.91. The first kappa shape index (κ1) is 15.9. The molecule has 0 saturated carbocycles. The van der Waals surface area contributed by atoms with Crippen LogP contribution in [-0.4, -0.2) is 32.1 Å². The van der Waals surface area contributed by atoms with E-state index in [2.05, 4.69) is 10.3 Å². The average Bonchev–Trinajstić information content (AvgIpc) is 2.96. The van der Waals surface area contributed by atoms with Crippen molar-refractivity contribution in [1.82, 2.24) is 0 Å². The third-order valence-electron chi connectivity index (χ3n) is 3.56. The van der Waals surface area contributed by atoms with Gasteiger partial charge in [0.05, 0.1) is 19.4 Å². The van der Waals surface area contributed by atoms with Crippen LogP contribution in [0.2, 0.25) is 0 Å². The summed E-state index contributed by atoms with van der Waals surface area (Å²) < 4.78 is 10.6. The van der Waals surface area contributed by atoms with E-state index in [0.717, 1.165) is 22.9 Å². The standard InChI is InChI=1S/C18H19N3O3/c1-3-24-15-9-7-14(8-10-15)21-17(22)12-19-18(21)20-13-5-4-6-16(11-13)23-2/h4-11H,3,12H2,1-2H3,(H,19,20). The molecule has 0 aliphatic carbocycles. The number of benzene rings is 2. The first-order valence-electron chi connectivity index (χ1n) is 7.72. The molecule has 0 saturated heterocycles. The van der Waals surface area contributed by atoms with Gasteiger partial charge in [0.1, 0.15) is 18.0 Å². The number of aliphatic imine (C=N–C) groups is 1.